The molecule has 3 N–H and O–H groups in total. The predicted octanol–water partition coefficient (Wildman–Crippen LogP) is 2.75. The third-order valence-corrected chi connectivity index (χ3v) is 4.84. The molecule has 5 nitrogen and oxygen atoms in total. The molecule has 1 fully saturated rings. The fourth-order valence-corrected chi connectivity index (χ4v) is 3.61. The van der Waals surface area contributed by atoms with Gasteiger partial charge in [0.2, 0.25) is 11.8 Å². The van der Waals surface area contributed by atoms with Crippen LogP contribution in [0.1, 0.15) is 49.5 Å². The highest BCUT2D eigenvalue weighted by Gasteiger charge is 2.25. The zero-order chi connectivity index (χ0) is 19.5. The van der Waals surface area contributed by atoms with E-state index < -0.39 is 11.7 Å². The van der Waals surface area contributed by atoms with E-state index in [0.717, 1.165) is 32.0 Å². The number of benzene rings is 1. The van der Waals surface area contributed by atoms with Gasteiger partial charge in [0.05, 0.1) is 6.54 Å². The van der Waals surface area contributed by atoms with Crippen LogP contribution in [0.3, 0.4) is 0 Å². The number of primary amides is 1. The Balaban J connectivity index is 1.94. The maximum atomic E-state index is 13.5. The quantitative estimate of drug-likeness (QED) is 0.820. The number of amides is 2. The molecule has 0 aromatic heterocycles. The molecule has 26 heavy (non-hydrogen) atoms. The molecule has 0 spiro atoms. The van der Waals surface area contributed by atoms with Crippen LogP contribution in [0, 0.1) is 11.7 Å². The van der Waals surface area contributed by atoms with E-state index in [9.17, 15) is 14.0 Å². The molecule has 144 valence electrons. The lowest BCUT2D eigenvalue weighted by Gasteiger charge is -2.32. The number of halogens is 2. The normalized spacial score (nSPS) is 16.5. The zero-order valence-electron chi connectivity index (χ0n) is 15.6. The molecule has 1 aromatic rings. The Hall–Kier alpha value is -1.66. The van der Waals surface area contributed by atoms with Crippen LogP contribution in [0.2, 0.25) is 5.02 Å². The second-order valence-electron chi connectivity index (χ2n) is 8.00. The van der Waals surface area contributed by atoms with Crippen molar-refractivity contribution in [1.82, 2.24) is 10.2 Å². The van der Waals surface area contributed by atoms with Gasteiger partial charge in [0, 0.05) is 16.1 Å². The van der Waals surface area contributed by atoms with Gasteiger partial charge in [-0.15, -0.1) is 0 Å². The Morgan fingerprint density at radius 1 is 1.31 bits per heavy atom. The van der Waals surface area contributed by atoms with Crippen LogP contribution in [0.25, 0.3) is 0 Å². The summed E-state index contributed by atoms with van der Waals surface area (Å²) < 4.78 is 13.5. The van der Waals surface area contributed by atoms with E-state index in [1.165, 1.54) is 6.07 Å². The lowest BCUT2D eigenvalue weighted by molar-refractivity contribution is -0.124. The van der Waals surface area contributed by atoms with Crippen LogP contribution < -0.4 is 11.1 Å². The van der Waals surface area contributed by atoms with Gasteiger partial charge in [-0.05, 0) is 76.7 Å². The van der Waals surface area contributed by atoms with Crippen LogP contribution in [-0.2, 0) is 11.2 Å². The largest absolute Gasteiger partial charge is 0.366 e. The van der Waals surface area contributed by atoms with Crippen LogP contribution in [-0.4, -0.2) is 41.9 Å². The van der Waals surface area contributed by atoms with Crippen molar-refractivity contribution >= 4 is 23.4 Å². The monoisotopic (exact) mass is 383 g/mol. The summed E-state index contributed by atoms with van der Waals surface area (Å²) in [5, 5.41) is 3.21. The number of hydrogen-bond acceptors (Lipinski definition) is 3. The molecule has 1 saturated heterocycles. The van der Waals surface area contributed by atoms with Gasteiger partial charge in [0.25, 0.3) is 0 Å². The first-order valence-electron chi connectivity index (χ1n) is 8.86. The molecule has 2 amide bonds. The highest BCUT2D eigenvalue weighted by molar-refractivity contribution is 6.31. The van der Waals surface area contributed by atoms with Crippen molar-refractivity contribution in [2.75, 3.05) is 19.6 Å². The molecule has 1 heterocycles. The molecular formula is C19H27ClFN3O2. The number of carbonyl (C=O) groups is 2. The van der Waals surface area contributed by atoms with Crippen LogP contribution >= 0.6 is 11.6 Å². The number of hydrogen-bond donors (Lipinski definition) is 2. The summed E-state index contributed by atoms with van der Waals surface area (Å²) in [7, 11) is 0. The Labute approximate surface area is 159 Å². The number of nitrogens with two attached hydrogens (primary N) is 1. The van der Waals surface area contributed by atoms with Gasteiger partial charge in [-0.2, -0.15) is 0 Å². The molecule has 2 rings (SSSR count). The second-order valence-corrected chi connectivity index (χ2v) is 8.41. The molecule has 0 atom stereocenters. The molecule has 0 bridgehead atoms. The van der Waals surface area contributed by atoms with Crippen molar-refractivity contribution in [2.45, 2.75) is 45.6 Å². The van der Waals surface area contributed by atoms with Crippen molar-refractivity contribution in [3.63, 3.8) is 0 Å². The minimum Gasteiger partial charge on any atom is -0.366 e. The highest BCUT2D eigenvalue weighted by Crippen LogP contribution is 2.29. The van der Waals surface area contributed by atoms with Gasteiger partial charge in [0.15, 0.2) is 0 Å². The first-order valence-corrected chi connectivity index (χ1v) is 9.24. The van der Waals surface area contributed by atoms with Gasteiger partial charge in [-0.25, -0.2) is 4.39 Å². The second kappa shape index (κ2) is 8.35. The van der Waals surface area contributed by atoms with E-state index in [2.05, 4.69) is 10.2 Å². The standard InChI is InChI=1S/C19H27ClFN3O2/c1-19(2,3)23-17(25)11-24-6-4-12(5-7-24)8-14-15(18(22)26)9-13(21)10-16(14)20/h9-10,12H,4-8,11H2,1-3H3,(H2,22,26)(H,23,25). The summed E-state index contributed by atoms with van der Waals surface area (Å²) in [6.07, 6.45) is 2.35. The number of piperidine rings is 1. The number of likely N-dealkylation sites (tertiary alicyclic amines) is 1. The highest BCUT2D eigenvalue weighted by atomic mass is 35.5. The summed E-state index contributed by atoms with van der Waals surface area (Å²) in [6.45, 7) is 7.85. The topological polar surface area (TPSA) is 75.4 Å². The maximum Gasteiger partial charge on any atom is 0.249 e. The fourth-order valence-electron chi connectivity index (χ4n) is 3.33. The lowest BCUT2D eigenvalue weighted by Crippen LogP contribution is -2.47. The Kier molecular flexibility index (Phi) is 6.64. The minimum absolute atomic E-state index is 0.0218. The third-order valence-electron chi connectivity index (χ3n) is 4.51. The smallest absolute Gasteiger partial charge is 0.249 e. The van der Waals surface area contributed by atoms with Crippen molar-refractivity contribution in [3.05, 3.63) is 34.1 Å². The van der Waals surface area contributed by atoms with E-state index in [1.807, 2.05) is 20.8 Å². The molecule has 0 unspecified atom stereocenters. The Bertz CT molecular complexity index is 680. The molecule has 7 heteroatoms. The molecule has 0 aliphatic carbocycles. The van der Waals surface area contributed by atoms with Crippen molar-refractivity contribution in [1.29, 1.82) is 0 Å². The van der Waals surface area contributed by atoms with Gasteiger partial charge < -0.3 is 11.1 Å². The fraction of sp³-hybridized carbons (Fsp3) is 0.579. The Morgan fingerprint density at radius 3 is 2.46 bits per heavy atom. The van der Waals surface area contributed by atoms with Crippen LogP contribution in [0.15, 0.2) is 12.1 Å². The van der Waals surface area contributed by atoms with E-state index in [1.54, 1.807) is 0 Å². The van der Waals surface area contributed by atoms with E-state index in [-0.39, 0.29) is 22.0 Å². The first-order chi connectivity index (χ1) is 12.0. The number of rotatable bonds is 5. The number of nitrogens with zero attached hydrogens (tertiary/aromatic N) is 1. The maximum absolute atomic E-state index is 13.5. The average Bonchev–Trinajstić information content (AvgIpc) is 2.49. The molecule has 0 radical (unpaired) electrons. The van der Waals surface area contributed by atoms with Crippen molar-refractivity contribution in [2.24, 2.45) is 11.7 Å². The SMILES string of the molecule is CC(C)(C)NC(=O)CN1CCC(Cc2c(Cl)cc(F)cc2C(N)=O)CC1. The van der Waals surface area contributed by atoms with Crippen LogP contribution in [0.5, 0.6) is 0 Å². The molecule has 1 aliphatic rings. The molecular weight excluding hydrogens is 357 g/mol. The number of carbonyl (C=O) groups excluding carboxylic acids is 2. The van der Waals surface area contributed by atoms with Crippen LogP contribution in [0.4, 0.5) is 4.39 Å². The predicted molar refractivity (Wildman–Crippen MR) is 101 cm³/mol. The minimum atomic E-state index is -0.669. The molecule has 0 saturated carbocycles. The molecule has 1 aliphatic heterocycles. The summed E-state index contributed by atoms with van der Waals surface area (Å²) in [5.41, 5.74) is 5.90. The van der Waals surface area contributed by atoms with Gasteiger partial charge >= 0.3 is 0 Å². The van der Waals surface area contributed by atoms with Gasteiger partial charge in [0.1, 0.15) is 5.82 Å². The summed E-state index contributed by atoms with van der Waals surface area (Å²) in [4.78, 5) is 25.8. The third kappa shape index (κ3) is 5.95. The van der Waals surface area contributed by atoms with E-state index in [0.29, 0.717) is 24.4 Å². The first kappa shape index (κ1) is 20.6. The average molecular weight is 384 g/mol. The van der Waals surface area contributed by atoms with Crippen molar-refractivity contribution < 1.29 is 14.0 Å². The summed E-state index contributed by atoms with van der Waals surface area (Å²) in [6, 6.07) is 2.37. The van der Waals surface area contributed by atoms with E-state index in [4.69, 9.17) is 17.3 Å². The van der Waals surface area contributed by atoms with Gasteiger partial charge in [-0.1, -0.05) is 11.6 Å². The zero-order valence-corrected chi connectivity index (χ0v) is 16.3. The number of nitrogens with one attached hydrogen (secondary N) is 1. The summed E-state index contributed by atoms with van der Waals surface area (Å²) >= 11 is 6.15. The summed E-state index contributed by atoms with van der Waals surface area (Å²) in [5.74, 6) is -0.892. The Morgan fingerprint density at radius 2 is 1.92 bits per heavy atom. The van der Waals surface area contributed by atoms with Crippen molar-refractivity contribution in [3.8, 4) is 0 Å². The van der Waals surface area contributed by atoms with Gasteiger partial charge in [-0.3, -0.25) is 14.5 Å². The lowest BCUT2D eigenvalue weighted by atomic mass is 9.88. The molecule has 1 aromatic carbocycles. The van der Waals surface area contributed by atoms with E-state index >= 15 is 0 Å².